The van der Waals surface area contributed by atoms with Crippen LogP contribution in [0.2, 0.25) is 0 Å². The highest BCUT2D eigenvalue weighted by Crippen LogP contribution is 2.30. The first-order valence-electron chi connectivity index (χ1n) is 4.24. The minimum absolute atomic E-state index is 0.0313. The van der Waals surface area contributed by atoms with Crippen LogP contribution in [0.5, 0.6) is 0 Å². The Kier molecular flexibility index (Phi) is 2.93. The minimum atomic E-state index is -2.16. The van der Waals surface area contributed by atoms with Crippen LogP contribution in [0.3, 0.4) is 0 Å². The second-order valence-corrected chi connectivity index (χ2v) is 5.01. The lowest BCUT2D eigenvalue weighted by Crippen LogP contribution is -2.25. The molecule has 66 valence electrons. The molecule has 0 aromatic rings. The molecule has 0 N–H and O–H groups in total. The maximum atomic E-state index is 10.6. The Bertz CT molecular complexity index is 190. The van der Waals surface area contributed by atoms with Gasteiger partial charge < -0.3 is 0 Å². The molecule has 0 aromatic heterocycles. The number of hydrogen-bond donors (Lipinski definition) is 1. The molecule has 1 aliphatic carbocycles. The Morgan fingerprint density at radius 3 is 2.18 bits per heavy atom. The molecule has 3 heteroatoms. The van der Waals surface area contributed by atoms with E-state index in [2.05, 4.69) is 13.8 Å². The van der Waals surface area contributed by atoms with E-state index in [-0.39, 0.29) is 5.25 Å². The van der Waals surface area contributed by atoms with Crippen molar-refractivity contribution < 1.29 is 8.42 Å². The first-order valence-corrected chi connectivity index (χ1v) is 5.49. The van der Waals surface area contributed by atoms with Crippen molar-refractivity contribution in [2.24, 2.45) is 11.8 Å². The van der Waals surface area contributed by atoms with E-state index in [9.17, 15) is 8.42 Å². The fourth-order valence-electron chi connectivity index (χ4n) is 1.71. The molecule has 0 aliphatic heterocycles. The summed E-state index contributed by atoms with van der Waals surface area (Å²) in [6.07, 6.45) is 2.83. The standard InChI is InChI=1S/C8H16O2S/c1-6-3-4-8(11(9)10)5-7(6)2/h6-8,11H,3-5H2,1-2H3/t6?,7-,8-/m1/s1. The summed E-state index contributed by atoms with van der Waals surface area (Å²) in [6, 6.07) is 0. The van der Waals surface area contributed by atoms with Gasteiger partial charge in [0.2, 0.25) is 0 Å². The second-order valence-electron chi connectivity index (χ2n) is 3.71. The molecule has 1 aliphatic rings. The normalized spacial score (nSPS) is 39.4. The molecule has 1 saturated carbocycles. The Morgan fingerprint density at radius 2 is 1.73 bits per heavy atom. The number of hydrogen-bond acceptors (Lipinski definition) is 2. The molecule has 11 heavy (non-hydrogen) atoms. The lowest BCUT2D eigenvalue weighted by Gasteiger charge is -2.28. The zero-order valence-corrected chi connectivity index (χ0v) is 8.01. The summed E-state index contributed by atoms with van der Waals surface area (Å²) in [5, 5.41) is -0.0313. The van der Waals surface area contributed by atoms with Crippen molar-refractivity contribution in [3.63, 3.8) is 0 Å². The van der Waals surface area contributed by atoms with E-state index in [1.54, 1.807) is 0 Å². The summed E-state index contributed by atoms with van der Waals surface area (Å²) in [4.78, 5) is 0. The Morgan fingerprint density at radius 1 is 1.09 bits per heavy atom. The molecule has 3 atom stereocenters. The van der Waals surface area contributed by atoms with Gasteiger partial charge in [-0.05, 0) is 31.1 Å². The molecule has 0 saturated heterocycles. The molecular weight excluding hydrogens is 160 g/mol. The molecule has 0 bridgehead atoms. The molecule has 0 radical (unpaired) electrons. The lowest BCUT2D eigenvalue weighted by molar-refractivity contribution is 0.280. The Hall–Kier alpha value is -0.0500. The van der Waals surface area contributed by atoms with Gasteiger partial charge in [-0.25, -0.2) is 8.42 Å². The monoisotopic (exact) mass is 176 g/mol. The van der Waals surface area contributed by atoms with Crippen LogP contribution < -0.4 is 0 Å². The van der Waals surface area contributed by atoms with Crippen LogP contribution in [0.4, 0.5) is 0 Å². The third-order valence-electron chi connectivity index (χ3n) is 2.87. The van der Waals surface area contributed by atoms with Gasteiger partial charge in [0.25, 0.3) is 0 Å². The van der Waals surface area contributed by atoms with E-state index in [0.29, 0.717) is 11.8 Å². The summed E-state index contributed by atoms with van der Waals surface area (Å²) in [5.74, 6) is 1.29. The van der Waals surface area contributed by atoms with Crippen molar-refractivity contribution in [2.45, 2.75) is 38.4 Å². The molecule has 1 unspecified atom stereocenters. The van der Waals surface area contributed by atoms with Crippen LogP contribution in [0, 0.1) is 11.8 Å². The molecular formula is C8H16O2S. The van der Waals surface area contributed by atoms with E-state index < -0.39 is 10.7 Å². The summed E-state index contributed by atoms with van der Waals surface area (Å²) in [5.41, 5.74) is 0. The van der Waals surface area contributed by atoms with E-state index in [0.717, 1.165) is 19.3 Å². The Labute approximate surface area is 69.9 Å². The van der Waals surface area contributed by atoms with Gasteiger partial charge in [-0.15, -0.1) is 0 Å². The van der Waals surface area contributed by atoms with Crippen LogP contribution in [0.25, 0.3) is 0 Å². The Balaban J connectivity index is 2.52. The van der Waals surface area contributed by atoms with Crippen molar-refractivity contribution in [1.82, 2.24) is 0 Å². The second kappa shape index (κ2) is 3.57. The zero-order valence-electron chi connectivity index (χ0n) is 7.12. The highest BCUT2D eigenvalue weighted by atomic mass is 32.2. The van der Waals surface area contributed by atoms with E-state index >= 15 is 0 Å². The summed E-state index contributed by atoms with van der Waals surface area (Å²) in [7, 11) is -2.16. The van der Waals surface area contributed by atoms with Crippen molar-refractivity contribution in [2.75, 3.05) is 0 Å². The van der Waals surface area contributed by atoms with Gasteiger partial charge in [0.05, 0.1) is 5.25 Å². The van der Waals surface area contributed by atoms with E-state index in [4.69, 9.17) is 0 Å². The lowest BCUT2D eigenvalue weighted by atomic mass is 9.81. The van der Waals surface area contributed by atoms with Gasteiger partial charge in [-0.3, -0.25) is 0 Å². The maximum Gasteiger partial charge on any atom is 0.143 e. The average molecular weight is 176 g/mol. The van der Waals surface area contributed by atoms with Crippen LogP contribution in [0.1, 0.15) is 33.1 Å². The van der Waals surface area contributed by atoms with E-state index in [1.165, 1.54) is 0 Å². The van der Waals surface area contributed by atoms with Gasteiger partial charge in [0.1, 0.15) is 10.7 Å². The SMILES string of the molecule is CC1CC[C@@H]([SH](=O)=O)C[C@H]1C. The molecule has 0 amide bonds. The quantitative estimate of drug-likeness (QED) is 0.613. The summed E-state index contributed by atoms with van der Waals surface area (Å²) in [6.45, 7) is 4.36. The predicted molar refractivity (Wildman–Crippen MR) is 46.3 cm³/mol. The van der Waals surface area contributed by atoms with Gasteiger partial charge in [-0.1, -0.05) is 13.8 Å². The molecule has 0 heterocycles. The average Bonchev–Trinajstić information content (AvgIpc) is 1.94. The molecule has 1 rings (SSSR count). The van der Waals surface area contributed by atoms with Crippen LogP contribution >= 0.6 is 0 Å². The number of thiol groups is 1. The van der Waals surface area contributed by atoms with Crippen molar-refractivity contribution in [3.05, 3.63) is 0 Å². The molecule has 2 nitrogen and oxygen atoms in total. The topological polar surface area (TPSA) is 34.1 Å². The fourth-order valence-corrected chi connectivity index (χ4v) is 2.58. The third-order valence-corrected chi connectivity index (χ3v) is 3.93. The maximum absolute atomic E-state index is 10.6. The fraction of sp³-hybridized carbons (Fsp3) is 1.00. The molecule has 1 fully saturated rings. The van der Waals surface area contributed by atoms with E-state index in [1.807, 2.05) is 0 Å². The largest absolute Gasteiger partial charge is 0.232 e. The minimum Gasteiger partial charge on any atom is -0.232 e. The van der Waals surface area contributed by atoms with Gasteiger partial charge in [-0.2, -0.15) is 0 Å². The smallest absolute Gasteiger partial charge is 0.143 e. The van der Waals surface area contributed by atoms with Crippen LogP contribution in [-0.4, -0.2) is 13.7 Å². The summed E-state index contributed by atoms with van der Waals surface area (Å²) >= 11 is 0. The highest BCUT2D eigenvalue weighted by molar-refractivity contribution is 7.73. The first-order chi connectivity index (χ1) is 5.11. The van der Waals surface area contributed by atoms with Gasteiger partial charge in [0, 0.05) is 0 Å². The number of rotatable bonds is 1. The van der Waals surface area contributed by atoms with Crippen LogP contribution in [-0.2, 0) is 10.7 Å². The van der Waals surface area contributed by atoms with Crippen molar-refractivity contribution in [1.29, 1.82) is 0 Å². The van der Waals surface area contributed by atoms with Gasteiger partial charge in [0.15, 0.2) is 0 Å². The predicted octanol–water partition coefficient (Wildman–Crippen LogP) is 1.42. The zero-order chi connectivity index (χ0) is 8.43. The summed E-state index contributed by atoms with van der Waals surface area (Å²) < 4.78 is 21.3. The van der Waals surface area contributed by atoms with Crippen molar-refractivity contribution in [3.8, 4) is 0 Å². The van der Waals surface area contributed by atoms with Gasteiger partial charge >= 0.3 is 0 Å². The van der Waals surface area contributed by atoms with Crippen molar-refractivity contribution >= 4 is 10.7 Å². The highest BCUT2D eigenvalue weighted by Gasteiger charge is 2.25. The first kappa shape index (κ1) is 9.04. The molecule has 0 aromatic carbocycles. The third kappa shape index (κ3) is 2.19. The van der Waals surface area contributed by atoms with Crippen LogP contribution in [0.15, 0.2) is 0 Å². The molecule has 0 spiro atoms.